The number of benzene rings is 2. The van der Waals surface area contributed by atoms with E-state index in [4.69, 9.17) is 16.0 Å². The molecule has 184 valence electrons. The lowest BCUT2D eigenvalue weighted by atomic mass is 10.1. The maximum absolute atomic E-state index is 13.0. The minimum atomic E-state index is -4.00. The van der Waals surface area contributed by atoms with Gasteiger partial charge in [-0.2, -0.15) is 8.42 Å². The summed E-state index contributed by atoms with van der Waals surface area (Å²) >= 11 is 8.74. The van der Waals surface area contributed by atoms with Crippen molar-refractivity contribution in [2.24, 2.45) is 0 Å². The van der Waals surface area contributed by atoms with Crippen LogP contribution in [0.2, 0.25) is 5.02 Å². The van der Waals surface area contributed by atoms with Crippen LogP contribution >= 0.6 is 34.7 Å². The fourth-order valence-electron chi connectivity index (χ4n) is 3.27. The van der Waals surface area contributed by atoms with Crippen LogP contribution in [0.5, 0.6) is 0 Å². The van der Waals surface area contributed by atoms with Gasteiger partial charge in [0.2, 0.25) is 5.09 Å². The number of anilines is 2. The second kappa shape index (κ2) is 9.73. The molecule has 0 unspecified atom stereocenters. The fourth-order valence-corrected chi connectivity index (χ4v) is 6.53. The highest BCUT2D eigenvalue weighted by Crippen LogP contribution is 2.36. The van der Waals surface area contributed by atoms with Gasteiger partial charge in [0, 0.05) is 38.0 Å². The molecule has 0 fully saturated rings. The van der Waals surface area contributed by atoms with E-state index in [0.29, 0.717) is 43.2 Å². The van der Waals surface area contributed by atoms with Crippen LogP contribution in [0.1, 0.15) is 26.5 Å². The fraction of sp³-hybridized carbons (Fsp3) is 0.217. The third-order valence-corrected chi connectivity index (χ3v) is 8.26. The molecule has 0 aliphatic carbocycles. The number of rotatable bonds is 7. The van der Waals surface area contributed by atoms with Gasteiger partial charge in [0.15, 0.2) is 5.13 Å². The number of sulfonamides is 1. The minimum Gasteiger partial charge on any atom is -0.465 e. The van der Waals surface area contributed by atoms with Gasteiger partial charge in [-0.05, 0) is 45.0 Å². The lowest BCUT2D eigenvalue weighted by Gasteiger charge is -2.30. The number of carbonyl (C=O) groups is 1. The number of amides is 1. The molecule has 0 aliphatic heterocycles. The number of hydrogen-bond donors (Lipinski definition) is 2. The lowest BCUT2D eigenvalue weighted by Crippen LogP contribution is -2.45. The number of carboxylic acid groups (broad SMARTS) is 1. The summed E-state index contributed by atoms with van der Waals surface area (Å²) in [5.41, 5.74) is 0.803. The number of thioether (sulfide) groups is 1. The zero-order valence-corrected chi connectivity index (χ0v) is 22.2. The molecule has 0 radical (unpaired) electrons. The van der Waals surface area contributed by atoms with Gasteiger partial charge in [0.05, 0.1) is 11.4 Å². The molecule has 2 heterocycles. The second-order valence-electron chi connectivity index (χ2n) is 8.55. The number of thiazole rings is 1. The standard InChI is InChI=1S/C23H22ClN3O5S3/c1-23(2,3)27(22(28)29)21-25-16(13-34-21)12-33-19-9-8-15(24)11-17(19)26-35(30,31)20-10-14-6-4-5-7-18(14)32-20/h4-11,13,26H,12H2,1-3H3,(H,28,29). The van der Waals surface area contributed by atoms with Crippen LogP contribution in [0.15, 0.2) is 68.3 Å². The molecule has 4 aromatic rings. The lowest BCUT2D eigenvalue weighted by molar-refractivity contribution is 0.195. The number of para-hydroxylation sites is 1. The van der Waals surface area contributed by atoms with Gasteiger partial charge in [-0.25, -0.2) is 14.7 Å². The average Bonchev–Trinajstić information content (AvgIpc) is 3.39. The third-order valence-electron chi connectivity index (χ3n) is 4.82. The summed E-state index contributed by atoms with van der Waals surface area (Å²) in [5, 5.41) is 12.6. The topological polar surface area (TPSA) is 113 Å². The molecular formula is C23H22ClN3O5S3. The molecule has 2 aromatic heterocycles. The van der Waals surface area contributed by atoms with E-state index in [1.54, 1.807) is 62.5 Å². The summed E-state index contributed by atoms with van der Waals surface area (Å²) < 4.78 is 34.1. The zero-order chi connectivity index (χ0) is 25.4. The summed E-state index contributed by atoms with van der Waals surface area (Å²) in [7, 11) is -4.00. The van der Waals surface area contributed by atoms with Crippen LogP contribution in [0.4, 0.5) is 15.6 Å². The van der Waals surface area contributed by atoms with Crippen LogP contribution < -0.4 is 9.62 Å². The van der Waals surface area contributed by atoms with Crippen molar-refractivity contribution in [2.75, 3.05) is 9.62 Å². The molecule has 0 atom stereocenters. The normalized spacial score (nSPS) is 12.1. The predicted octanol–water partition coefficient (Wildman–Crippen LogP) is 6.92. The van der Waals surface area contributed by atoms with E-state index in [1.807, 2.05) is 0 Å². The Kier molecular flexibility index (Phi) is 7.05. The van der Waals surface area contributed by atoms with E-state index in [9.17, 15) is 18.3 Å². The molecule has 0 saturated heterocycles. The Morgan fingerprint density at radius 2 is 1.97 bits per heavy atom. The van der Waals surface area contributed by atoms with Crippen LogP contribution in [0.25, 0.3) is 11.0 Å². The van der Waals surface area contributed by atoms with Gasteiger partial charge in [-0.15, -0.1) is 23.1 Å². The van der Waals surface area contributed by atoms with E-state index >= 15 is 0 Å². The number of fused-ring (bicyclic) bond motifs is 1. The highest BCUT2D eigenvalue weighted by Gasteiger charge is 2.30. The summed E-state index contributed by atoms with van der Waals surface area (Å²) in [5.74, 6) is 0.398. The monoisotopic (exact) mass is 551 g/mol. The van der Waals surface area contributed by atoms with E-state index in [-0.39, 0.29) is 5.09 Å². The Balaban J connectivity index is 1.55. The molecular weight excluding hydrogens is 530 g/mol. The number of halogens is 1. The van der Waals surface area contributed by atoms with Crippen LogP contribution in [0.3, 0.4) is 0 Å². The van der Waals surface area contributed by atoms with Gasteiger partial charge in [0.1, 0.15) is 5.58 Å². The van der Waals surface area contributed by atoms with Crippen molar-refractivity contribution in [2.45, 2.75) is 42.1 Å². The van der Waals surface area contributed by atoms with Crippen molar-refractivity contribution < 1.29 is 22.7 Å². The van der Waals surface area contributed by atoms with Gasteiger partial charge in [0.25, 0.3) is 10.0 Å². The number of nitrogens with zero attached hydrogens (tertiary/aromatic N) is 2. The van der Waals surface area contributed by atoms with Gasteiger partial charge < -0.3 is 9.52 Å². The van der Waals surface area contributed by atoms with Crippen molar-refractivity contribution in [3.63, 3.8) is 0 Å². The Morgan fingerprint density at radius 3 is 2.66 bits per heavy atom. The number of aromatic nitrogens is 1. The van der Waals surface area contributed by atoms with Crippen LogP contribution in [-0.4, -0.2) is 30.1 Å². The zero-order valence-electron chi connectivity index (χ0n) is 19.0. The Labute approximate surface area is 216 Å². The van der Waals surface area contributed by atoms with Crippen molar-refractivity contribution in [3.05, 3.63) is 64.6 Å². The minimum absolute atomic E-state index is 0.199. The van der Waals surface area contributed by atoms with Crippen molar-refractivity contribution in [3.8, 4) is 0 Å². The van der Waals surface area contributed by atoms with Crippen LogP contribution in [0, 0.1) is 0 Å². The molecule has 0 bridgehead atoms. The van der Waals surface area contributed by atoms with Crippen molar-refractivity contribution >= 4 is 72.6 Å². The van der Waals surface area contributed by atoms with E-state index in [1.165, 1.54) is 40.1 Å². The highest BCUT2D eigenvalue weighted by atomic mass is 35.5. The van der Waals surface area contributed by atoms with E-state index < -0.39 is 21.7 Å². The summed E-state index contributed by atoms with van der Waals surface area (Å²) in [4.78, 5) is 18.0. The van der Waals surface area contributed by atoms with E-state index in [2.05, 4.69) is 9.71 Å². The maximum atomic E-state index is 13.0. The first-order valence-electron chi connectivity index (χ1n) is 10.4. The number of furan rings is 1. The van der Waals surface area contributed by atoms with Gasteiger partial charge in [-0.1, -0.05) is 29.8 Å². The molecule has 4 rings (SSSR count). The molecule has 1 amide bonds. The molecule has 12 heteroatoms. The summed E-state index contributed by atoms with van der Waals surface area (Å²) in [6, 6.07) is 13.4. The summed E-state index contributed by atoms with van der Waals surface area (Å²) in [6.45, 7) is 5.39. The number of nitrogens with one attached hydrogen (secondary N) is 1. The van der Waals surface area contributed by atoms with Gasteiger partial charge in [-0.3, -0.25) is 4.72 Å². The Bertz CT molecular complexity index is 1460. The molecule has 8 nitrogen and oxygen atoms in total. The molecule has 2 N–H and O–H groups in total. The smallest absolute Gasteiger partial charge is 0.414 e. The summed E-state index contributed by atoms with van der Waals surface area (Å²) in [6.07, 6.45) is -1.08. The maximum Gasteiger partial charge on any atom is 0.414 e. The first-order valence-corrected chi connectivity index (χ1v) is 14.1. The number of hydrogen-bond acceptors (Lipinski definition) is 7. The highest BCUT2D eigenvalue weighted by molar-refractivity contribution is 7.98. The molecule has 0 spiro atoms. The molecule has 35 heavy (non-hydrogen) atoms. The quantitative estimate of drug-likeness (QED) is 0.240. The molecule has 0 aliphatic rings. The Morgan fingerprint density at radius 1 is 1.23 bits per heavy atom. The molecule has 2 aromatic carbocycles. The predicted molar refractivity (Wildman–Crippen MR) is 140 cm³/mol. The first kappa shape index (κ1) is 25.4. The molecule has 0 saturated carbocycles. The largest absolute Gasteiger partial charge is 0.465 e. The third kappa shape index (κ3) is 5.75. The van der Waals surface area contributed by atoms with Gasteiger partial charge >= 0.3 is 6.09 Å². The van der Waals surface area contributed by atoms with E-state index in [0.717, 1.165) is 0 Å². The average molecular weight is 552 g/mol. The van der Waals surface area contributed by atoms with Crippen molar-refractivity contribution in [1.29, 1.82) is 0 Å². The SMILES string of the molecule is CC(C)(C)N(C(=O)O)c1nc(CSc2ccc(Cl)cc2NS(=O)(=O)c2cc3ccccc3o2)cs1. The first-order chi connectivity index (χ1) is 16.4. The Hall–Kier alpha value is -2.73. The van der Waals surface area contributed by atoms with Crippen LogP contribution in [-0.2, 0) is 15.8 Å². The second-order valence-corrected chi connectivity index (χ2v) is 12.5. The van der Waals surface area contributed by atoms with Crippen molar-refractivity contribution in [1.82, 2.24) is 4.98 Å².